The summed E-state index contributed by atoms with van der Waals surface area (Å²) in [5.74, 6) is 0.707. The molecule has 1 aliphatic carbocycles. The van der Waals surface area contributed by atoms with Gasteiger partial charge in [0.1, 0.15) is 0 Å². The maximum Gasteiger partial charge on any atom is 0.253 e. The molecule has 1 amide bonds. The number of nitrogens with zero attached hydrogens (tertiary/aromatic N) is 1. The summed E-state index contributed by atoms with van der Waals surface area (Å²) in [6.07, 6.45) is 7.62. The monoisotopic (exact) mass is 233 g/mol. The predicted molar refractivity (Wildman–Crippen MR) is 67.5 cm³/mol. The molecule has 1 saturated carbocycles. The Labute approximate surface area is 102 Å². The number of hydrogen-bond donors (Lipinski definition) is 2. The highest BCUT2D eigenvalue weighted by atomic mass is 16.1. The molecule has 0 unspecified atom stereocenters. The predicted octanol–water partition coefficient (Wildman–Crippen LogP) is 1.97. The third kappa shape index (κ3) is 2.96. The van der Waals surface area contributed by atoms with Crippen molar-refractivity contribution in [2.45, 2.75) is 38.6 Å². The van der Waals surface area contributed by atoms with Crippen molar-refractivity contribution in [3.05, 3.63) is 24.0 Å². The van der Waals surface area contributed by atoms with Gasteiger partial charge in [-0.1, -0.05) is 6.92 Å². The SMILES string of the molecule is CC1CCC(NC(=O)c2ccncc2N)CC1. The number of nitrogens with one attached hydrogen (secondary N) is 1. The van der Waals surface area contributed by atoms with Crippen LogP contribution in [0.4, 0.5) is 5.69 Å². The summed E-state index contributed by atoms with van der Waals surface area (Å²) in [6, 6.07) is 1.96. The first kappa shape index (κ1) is 11.9. The van der Waals surface area contributed by atoms with Crippen LogP contribution in [0.2, 0.25) is 0 Å². The van der Waals surface area contributed by atoms with E-state index in [0.29, 0.717) is 17.3 Å². The third-order valence-electron chi connectivity index (χ3n) is 3.45. The number of hydrogen-bond acceptors (Lipinski definition) is 3. The summed E-state index contributed by atoms with van der Waals surface area (Å²) in [4.78, 5) is 15.9. The third-order valence-corrected chi connectivity index (χ3v) is 3.45. The summed E-state index contributed by atoms with van der Waals surface area (Å²) in [5.41, 5.74) is 6.69. The molecule has 1 aromatic heterocycles. The highest BCUT2D eigenvalue weighted by Gasteiger charge is 2.20. The highest BCUT2D eigenvalue weighted by Crippen LogP contribution is 2.23. The lowest BCUT2D eigenvalue weighted by Gasteiger charge is -2.27. The molecule has 1 aromatic rings. The van der Waals surface area contributed by atoms with Crippen LogP contribution in [0, 0.1) is 5.92 Å². The van der Waals surface area contributed by atoms with Gasteiger partial charge >= 0.3 is 0 Å². The molecule has 92 valence electrons. The lowest BCUT2D eigenvalue weighted by atomic mass is 9.87. The van der Waals surface area contributed by atoms with E-state index in [-0.39, 0.29) is 5.91 Å². The van der Waals surface area contributed by atoms with Crippen molar-refractivity contribution in [3.8, 4) is 0 Å². The van der Waals surface area contributed by atoms with Gasteiger partial charge in [-0.3, -0.25) is 9.78 Å². The number of aromatic nitrogens is 1. The highest BCUT2D eigenvalue weighted by molar-refractivity contribution is 5.98. The van der Waals surface area contributed by atoms with Gasteiger partial charge in [0.2, 0.25) is 0 Å². The molecule has 0 saturated heterocycles. The summed E-state index contributed by atoms with van der Waals surface area (Å²) in [5, 5.41) is 3.05. The fourth-order valence-corrected chi connectivity index (χ4v) is 2.28. The van der Waals surface area contributed by atoms with Gasteiger partial charge in [0.15, 0.2) is 0 Å². The lowest BCUT2D eigenvalue weighted by Crippen LogP contribution is -2.37. The van der Waals surface area contributed by atoms with Gasteiger partial charge in [0, 0.05) is 12.2 Å². The second kappa shape index (κ2) is 5.17. The number of carbonyl (C=O) groups excluding carboxylic acids is 1. The number of pyridine rings is 1. The van der Waals surface area contributed by atoms with Crippen LogP contribution < -0.4 is 11.1 Å². The average molecular weight is 233 g/mol. The van der Waals surface area contributed by atoms with E-state index in [9.17, 15) is 4.79 Å². The van der Waals surface area contributed by atoms with Gasteiger partial charge in [-0.2, -0.15) is 0 Å². The van der Waals surface area contributed by atoms with Crippen LogP contribution in [0.5, 0.6) is 0 Å². The molecule has 1 aliphatic rings. The van der Waals surface area contributed by atoms with Gasteiger partial charge in [-0.05, 0) is 37.7 Å². The Morgan fingerprint density at radius 1 is 1.41 bits per heavy atom. The molecular weight excluding hydrogens is 214 g/mol. The van der Waals surface area contributed by atoms with Gasteiger partial charge in [-0.25, -0.2) is 0 Å². The van der Waals surface area contributed by atoms with Crippen molar-refractivity contribution in [3.63, 3.8) is 0 Å². The zero-order valence-corrected chi connectivity index (χ0v) is 10.1. The Balaban J connectivity index is 1.96. The maximum atomic E-state index is 12.0. The Morgan fingerprint density at radius 3 is 2.76 bits per heavy atom. The van der Waals surface area contributed by atoms with Crippen LogP contribution in [0.3, 0.4) is 0 Å². The number of nitrogen functional groups attached to an aromatic ring is 1. The summed E-state index contributed by atoms with van der Waals surface area (Å²) >= 11 is 0. The van der Waals surface area contributed by atoms with Crippen LogP contribution in [-0.2, 0) is 0 Å². The van der Waals surface area contributed by atoms with Crippen molar-refractivity contribution in [2.75, 3.05) is 5.73 Å². The zero-order valence-electron chi connectivity index (χ0n) is 10.1. The number of rotatable bonds is 2. The van der Waals surface area contributed by atoms with Crippen molar-refractivity contribution in [1.82, 2.24) is 10.3 Å². The van der Waals surface area contributed by atoms with E-state index < -0.39 is 0 Å². The minimum Gasteiger partial charge on any atom is -0.397 e. The summed E-state index contributed by atoms with van der Waals surface area (Å²) in [7, 11) is 0. The molecular formula is C13H19N3O. The molecule has 0 bridgehead atoms. The average Bonchev–Trinajstić information content (AvgIpc) is 2.32. The van der Waals surface area contributed by atoms with E-state index in [1.807, 2.05) is 0 Å². The number of nitrogens with two attached hydrogens (primary N) is 1. The molecule has 17 heavy (non-hydrogen) atoms. The van der Waals surface area contributed by atoms with Gasteiger partial charge < -0.3 is 11.1 Å². The van der Waals surface area contributed by atoms with Crippen LogP contribution in [0.25, 0.3) is 0 Å². The number of anilines is 1. The van der Waals surface area contributed by atoms with E-state index in [4.69, 9.17) is 5.73 Å². The van der Waals surface area contributed by atoms with E-state index >= 15 is 0 Å². The molecule has 0 spiro atoms. The molecule has 4 nitrogen and oxygen atoms in total. The molecule has 0 aliphatic heterocycles. The minimum atomic E-state index is -0.0792. The molecule has 1 fully saturated rings. The molecule has 3 N–H and O–H groups in total. The molecule has 1 heterocycles. The van der Waals surface area contributed by atoms with Crippen molar-refractivity contribution >= 4 is 11.6 Å². The Morgan fingerprint density at radius 2 is 2.12 bits per heavy atom. The van der Waals surface area contributed by atoms with Crippen LogP contribution in [-0.4, -0.2) is 16.9 Å². The largest absolute Gasteiger partial charge is 0.397 e. The standard InChI is InChI=1S/C13H19N3O/c1-9-2-4-10(5-3-9)16-13(17)11-6-7-15-8-12(11)14/h6-10H,2-5,14H2,1H3,(H,16,17). The summed E-state index contributed by atoms with van der Waals surface area (Å²) in [6.45, 7) is 2.26. The van der Waals surface area contributed by atoms with Crippen molar-refractivity contribution < 1.29 is 4.79 Å². The minimum absolute atomic E-state index is 0.0792. The molecule has 0 aromatic carbocycles. The Bertz CT molecular complexity index is 397. The normalized spacial score (nSPS) is 24.3. The van der Waals surface area contributed by atoms with E-state index in [0.717, 1.165) is 18.8 Å². The second-order valence-corrected chi connectivity index (χ2v) is 4.89. The number of amides is 1. The first-order valence-corrected chi connectivity index (χ1v) is 6.17. The zero-order chi connectivity index (χ0) is 12.3. The summed E-state index contributed by atoms with van der Waals surface area (Å²) < 4.78 is 0. The molecule has 4 heteroatoms. The van der Waals surface area contributed by atoms with Gasteiger partial charge in [-0.15, -0.1) is 0 Å². The van der Waals surface area contributed by atoms with Crippen LogP contribution in [0.15, 0.2) is 18.5 Å². The Hall–Kier alpha value is -1.58. The quantitative estimate of drug-likeness (QED) is 0.820. The second-order valence-electron chi connectivity index (χ2n) is 4.89. The van der Waals surface area contributed by atoms with Crippen molar-refractivity contribution in [2.24, 2.45) is 5.92 Å². The molecule has 0 atom stereocenters. The lowest BCUT2D eigenvalue weighted by molar-refractivity contribution is 0.0924. The van der Waals surface area contributed by atoms with Crippen LogP contribution >= 0.6 is 0 Å². The Kier molecular flexibility index (Phi) is 3.61. The van der Waals surface area contributed by atoms with Crippen LogP contribution in [0.1, 0.15) is 43.0 Å². The molecule has 2 rings (SSSR count). The topological polar surface area (TPSA) is 68.0 Å². The number of carbonyl (C=O) groups is 1. The fourth-order valence-electron chi connectivity index (χ4n) is 2.28. The first-order valence-electron chi connectivity index (χ1n) is 6.17. The van der Waals surface area contributed by atoms with E-state index in [1.165, 1.54) is 19.0 Å². The molecule has 0 radical (unpaired) electrons. The van der Waals surface area contributed by atoms with Gasteiger partial charge in [0.05, 0.1) is 17.4 Å². The van der Waals surface area contributed by atoms with E-state index in [1.54, 1.807) is 12.3 Å². The van der Waals surface area contributed by atoms with Gasteiger partial charge in [0.25, 0.3) is 5.91 Å². The first-order chi connectivity index (χ1) is 8.16. The maximum absolute atomic E-state index is 12.0. The van der Waals surface area contributed by atoms with Crippen molar-refractivity contribution in [1.29, 1.82) is 0 Å². The smallest absolute Gasteiger partial charge is 0.253 e. The van der Waals surface area contributed by atoms with E-state index in [2.05, 4.69) is 17.2 Å². The fraction of sp³-hybridized carbons (Fsp3) is 0.538.